The maximum absolute atomic E-state index is 12.3. The third-order valence-corrected chi connectivity index (χ3v) is 2.81. The number of anilines is 2. The molecule has 118 valence electrons. The Balaban J connectivity index is 3.16. The first-order valence-corrected chi connectivity index (χ1v) is 6.52. The topological polar surface area (TPSA) is 127 Å². The molecule has 22 heavy (non-hydrogen) atoms. The van der Waals surface area contributed by atoms with Crippen LogP contribution < -0.4 is 16.4 Å². The molecule has 8 nitrogen and oxygen atoms in total. The first kappa shape index (κ1) is 17.3. The fourth-order valence-electron chi connectivity index (χ4n) is 1.85. The minimum atomic E-state index is -1.14. The van der Waals surface area contributed by atoms with E-state index in [9.17, 15) is 19.2 Å². The summed E-state index contributed by atoms with van der Waals surface area (Å²) in [6.07, 6.45) is 0. The first-order chi connectivity index (χ1) is 10.3. The number of rotatable bonds is 3. The number of nitrogen functional groups attached to an aromatic ring is 1. The van der Waals surface area contributed by atoms with Gasteiger partial charge in [-0.2, -0.15) is 0 Å². The van der Waals surface area contributed by atoms with Gasteiger partial charge < -0.3 is 11.5 Å². The molecule has 0 heterocycles. The van der Waals surface area contributed by atoms with Crippen LogP contribution in [-0.4, -0.2) is 41.6 Å². The van der Waals surface area contributed by atoms with Crippen LogP contribution in [0.25, 0.3) is 0 Å². The highest BCUT2D eigenvalue weighted by Gasteiger charge is 2.32. The smallest absolute Gasteiger partial charge is 0.323 e. The number of nitrogens with zero attached hydrogens (tertiary/aromatic N) is 2. The van der Waals surface area contributed by atoms with Crippen molar-refractivity contribution in [3.8, 4) is 0 Å². The Labute approximate surface area is 127 Å². The van der Waals surface area contributed by atoms with Crippen molar-refractivity contribution in [3.63, 3.8) is 0 Å². The number of imide groups is 2. The van der Waals surface area contributed by atoms with Crippen LogP contribution in [0.4, 0.5) is 11.4 Å². The van der Waals surface area contributed by atoms with Gasteiger partial charge in [0.1, 0.15) is 0 Å². The van der Waals surface area contributed by atoms with Crippen LogP contribution in [0.15, 0.2) is 24.3 Å². The van der Waals surface area contributed by atoms with Crippen molar-refractivity contribution in [2.24, 2.45) is 5.73 Å². The van der Waals surface area contributed by atoms with Crippen molar-refractivity contribution in [2.75, 3.05) is 23.7 Å². The molecule has 0 fully saturated rings. The zero-order valence-electron chi connectivity index (χ0n) is 12.4. The molecule has 4 N–H and O–H groups in total. The van der Waals surface area contributed by atoms with Gasteiger partial charge in [-0.25, -0.2) is 4.90 Å². The zero-order chi connectivity index (χ0) is 16.9. The van der Waals surface area contributed by atoms with E-state index >= 15 is 0 Å². The average molecular weight is 306 g/mol. The van der Waals surface area contributed by atoms with Gasteiger partial charge in [-0.1, -0.05) is 6.07 Å². The van der Waals surface area contributed by atoms with E-state index in [1.165, 1.54) is 12.1 Å². The van der Waals surface area contributed by atoms with Crippen molar-refractivity contribution < 1.29 is 19.2 Å². The number of amides is 4. The highest BCUT2D eigenvalue weighted by molar-refractivity contribution is 6.46. The first-order valence-electron chi connectivity index (χ1n) is 6.52. The van der Waals surface area contributed by atoms with Crippen LogP contribution in [0.1, 0.15) is 13.8 Å². The van der Waals surface area contributed by atoms with Crippen LogP contribution in [0, 0.1) is 0 Å². The summed E-state index contributed by atoms with van der Waals surface area (Å²) >= 11 is 0. The van der Waals surface area contributed by atoms with Gasteiger partial charge in [0, 0.05) is 32.6 Å². The van der Waals surface area contributed by atoms with Gasteiger partial charge in [-0.3, -0.25) is 24.1 Å². The van der Waals surface area contributed by atoms with Crippen molar-refractivity contribution in [1.29, 1.82) is 0 Å². The molecule has 0 radical (unpaired) electrons. The van der Waals surface area contributed by atoms with E-state index in [1.807, 2.05) is 0 Å². The molecule has 0 atom stereocenters. The monoisotopic (exact) mass is 306 g/mol. The maximum atomic E-state index is 12.3. The van der Waals surface area contributed by atoms with E-state index in [4.69, 9.17) is 11.5 Å². The fraction of sp³-hybridized carbons (Fsp3) is 0.286. The van der Waals surface area contributed by atoms with E-state index in [1.54, 1.807) is 12.1 Å². The Morgan fingerprint density at radius 3 is 2.14 bits per heavy atom. The molecule has 0 saturated carbocycles. The minimum absolute atomic E-state index is 0.0109. The summed E-state index contributed by atoms with van der Waals surface area (Å²) in [5, 5.41) is 0. The molecule has 0 aliphatic rings. The second-order valence-electron chi connectivity index (χ2n) is 4.52. The second kappa shape index (κ2) is 7.32. The number of carbonyl (C=O) groups is 4. The number of benzene rings is 1. The summed E-state index contributed by atoms with van der Waals surface area (Å²) < 4.78 is 0. The molecule has 1 rings (SSSR count). The Bertz CT molecular complexity index is 615. The van der Waals surface area contributed by atoms with Gasteiger partial charge in [0.25, 0.3) is 0 Å². The second-order valence-corrected chi connectivity index (χ2v) is 4.52. The molecular weight excluding hydrogens is 288 g/mol. The van der Waals surface area contributed by atoms with Crippen molar-refractivity contribution >= 4 is 35.0 Å². The molecule has 1 aromatic rings. The third-order valence-electron chi connectivity index (χ3n) is 2.81. The normalized spacial score (nSPS) is 9.95. The molecular formula is C14H18N4O4. The predicted molar refractivity (Wildman–Crippen MR) is 80.5 cm³/mol. The van der Waals surface area contributed by atoms with Crippen LogP contribution in [0.5, 0.6) is 0 Å². The standard InChI is InChI=1S/C14H18N4O4/c1-9(19)17(7-6-15)13(21)14(22)18(10(2)20)12-5-3-4-11(16)8-12/h3-5,8H,6-7,15-16H2,1-2H3. The van der Waals surface area contributed by atoms with Crippen LogP contribution >= 0.6 is 0 Å². The van der Waals surface area contributed by atoms with Gasteiger partial charge in [0.05, 0.1) is 5.69 Å². The molecule has 1 aromatic carbocycles. The Morgan fingerprint density at radius 1 is 1.05 bits per heavy atom. The average Bonchev–Trinajstić information content (AvgIpc) is 2.43. The van der Waals surface area contributed by atoms with E-state index in [0.29, 0.717) is 15.5 Å². The maximum Gasteiger partial charge on any atom is 0.323 e. The summed E-state index contributed by atoms with van der Waals surface area (Å²) in [4.78, 5) is 49.0. The Morgan fingerprint density at radius 2 is 1.68 bits per heavy atom. The van der Waals surface area contributed by atoms with E-state index < -0.39 is 23.6 Å². The molecule has 0 bridgehead atoms. The summed E-state index contributed by atoms with van der Waals surface area (Å²) in [6, 6.07) is 5.96. The van der Waals surface area contributed by atoms with Crippen LogP contribution in [-0.2, 0) is 19.2 Å². The number of carbonyl (C=O) groups excluding carboxylic acids is 4. The largest absolute Gasteiger partial charge is 0.399 e. The molecule has 0 aliphatic heterocycles. The van der Waals surface area contributed by atoms with E-state index in [0.717, 1.165) is 13.8 Å². The van der Waals surface area contributed by atoms with Gasteiger partial charge in [0.15, 0.2) is 0 Å². The molecule has 4 amide bonds. The Hall–Kier alpha value is -2.74. The van der Waals surface area contributed by atoms with Crippen molar-refractivity contribution in [2.45, 2.75) is 13.8 Å². The number of hydrogen-bond acceptors (Lipinski definition) is 6. The molecule has 0 saturated heterocycles. The number of nitrogens with two attached hydrogens (primary N) is 2. The summed E-state index contributed by atoms with van der Waals surface area (Å²) in [7, 11) is 0. The summed E-state index contributed by atoms with van der Waals surface area (Å²) in [5.41, 5.74) is 11.4. The van der Waals surface area contributed by atoms with Crippen LogP contribution in [0.2, 0.25) is 0 Å². The lowest BCUT2D eigenvalue weighted by molar-refractivity contribution is -0.151. The third kappa shape index (κ3) is 3.89. The van der Waals surface area contributed by atoms with Crippen molar-refractivity contribution in [3.05, 3.63) is 24.3 Å². The van der Waals surface area contributed by atoms with Gasteiger partial charge in [0.2, 0.25) is 11.8 Å². The lowest BCUT2D eigenvalue weighted by atomic mass is 10.2. The highest BCUT2D eigenvalue weighted by atomic mass is 16.2. The molecule has 0 unspecified atom stereocenters. The molecule has 0 aliphatic carbocycles. The lowest BCUT2D eigenvalue weighted by Crippen LogP contribution is -2.50. The molecule has 8 heteroatoms. The summed E-state index contributed by atoms with van der Waals surface area (Å²) in [6.45, 7) is 2.17. The van der Waals surface area contributed by atoms with Crippen molar-refractivity contribution in [1.82, 2.24) is 4.90 Å². The quantitative estimate of drug-likeness (QED) is 0.571. The molecule has 0 spiro atoms. The zero-order valence-corrected chi connectivity index (χ0v) is 12.4. The molecule has 0 aromatic heterocycles. The highest BCUT2D eigenvalue weighted by Crippen LogP contribution is 2.18. The van der Waals surface area contributed by atoms with E-state index in [-0.39, 0.29) is 18.8 Å². The summed E-state index contributed by atoms with van der Waals surface area (Å²) in [5.74, 6) is -3.54. The Kier molecular flexibility index (Phi) is 5.76. The minimum Gasteiger partial charge on any atom is -0.399 e. The van der Waals surface area contributed by atoms with Gasteiger partial charge in [-0.15, -0.1) is 0 Å². The number of hydrogen-bond donors (Lipinski definition) is 2. The lowest BCUT2D eigenvalue weighted by Gasteiger charge is -2.23. The van der Waals surface area contributed by atoms with Gasteiger partial charge in [-0.05, 0) is 18.2 Å². The fourth-order valence-corrected chi connectivity index (χ4v) is 1.85. The predicted octanol–water partition coefficient (Wildman–Crippen LogP) is -0.518. The van der Waals surface area contributed by atoms with E-state index in [2.05, 4.69) is 0 Å². The van der Waals surface area contributed by atoms with Crippen LogP contribution in [0.3, 0.4) is 0 Å². The SMILES string of the molecule is CC(=O)N(CCN)C(=O)C(=O)N(C(C)=O)c1cccc(N)c1. The van der Waals surface area contributed by atoms with Gasteiger partial charge >= 0.3 is 11.8 Å².